The van der Waals surface area contributed by atoms with Crippen LogP contribution in [0.2, 0.25) is 0 Å². The van der Waals surface area contributed by atoms with Crippen LogP contribution in [0.4, 0.5) is 0 Å². The van der Waals surface area contributed by atoms with Gasteiger partial charge in [0.05, 0.1) is 12.0 Å². The van der Waals surface area contributed by atoms with Crippen molar-refractivity contribution in [1.82, 2.24) is 4.72 Å². The molecule has 1 aromatic carbocycles. The van der Waals surface area contributed by atoms with Crippen LogP contribution in [0.1, 0.15) is 41.7 Å². The monoisotopic (exact) mass is 341 g/mol. The molecule has 0 saturated carbocycles. The third-order valence-corrected chi connectivity index (χ3v) is 6.32. The highest BCUT2D eigenvalue weighted by Gasteiger charge is 2.31. The standard InChI is InChI=1S/C17H27NO4S/c1-9(2)15(17(19)22-8)18-23(20,21)16-13(6)11(4)10(3)12(5)14(16)7/h9,15,18H,1-8H3. The zero-order valence-corrected chi connectivity index (χ0v) is 16.0. The lowest BCUT2D eigenvalue weighted by Gasteiger charge is -2.23. The van der Waals surface area contributed by atoms with Gasteiger partial charge in [-0.3, -0.25) is 4.79 Å². The molecule has 0 bridgehead atoms. The summed E-state index contributed by atoms with van der Waals surface area (Å²) in [7, 11) is -2.58. The molecule has 130 valence electrons. The van der Waals surface area contributed by atoms with Gasteiger partial charge in [0.25, 0.3) is 0 Å². The second-order valence-electron chi connectivity index (χ2n) is 6.32. The van der Waals surface area contributed by atoms with Gasteiger partial charge in [0, 0.05) is 0 Å². The summed E-state index contributed by atoms with van der Waals surface area (Å²) in [6.07, 6.45) is 0. The van der Waals surface area contributed by atoms with Crippen LogP contribution < -0.4 is 4.72 Å². The average molecular weight is 341 g/mol. The number of hydrogen-bond donors (Lipinski definition) is 1. The Morgan fingerprint density at radius 1 is 0.913 bits per heavy atom. The van der Waals surface area contributed by atoms with Gasteiger partial charge in [-0.1, -0.05) is 13.8 Å². The van der Waals surface area contributed by atoms with Crippen LogP contribution in [0.25, 0.3) is 0 Å². The van der Waals surface area contributed by atoms with Gasteiger partial charge in [0.15, 0.2) is 0 Å². The Hall–Kier alpha value is -1.40. The maximum absolute atomic E-state index is 12.9. The van der Waals surface area contributed by atoms with Gasteiger partial charge >= 0.3 is 5.97 Å². The highest BCUT2D eigenvalue weighted by Crippen LogP contribution is 2.29. The maximum Gasteiger partial charge on any atom is 0.324 e. The van der Waals surface area contributed by atoms with Crippen molar-refractivity contribution in [3.8, 4) is 0 Å². The molecule has 0 spiro atoms. The van der Waals surface area contributed by atoms with Crippen LogP contribution in [0.15, 0.2) is 4.90 Å². The Bertz CT molecular complexity index is 692. The third kappa shape index (κ3) is 3.75. The summed E-state index contributed by atoms with van der Waals surface area (Å²) in [5.41, 5.74) is 4.42. The normalized spacial score (nSPS) is 13.3. The van der Waals surface area contributed by atoms with E-state index in [0.717, 1.165) is 16.7 Å². The van der Waals surface area contributed by atoms with Crippen LogP contribution in [0, 0.1) is 40.5 Å². The van der Waals surface area contributed by atoms with E-state index < -0.39 is 22.0 Å². The number of rotatable bonds is 5. The van der Waals surface area contributed by atoms with Gasteiger partial charge in [0.2, 0.25) is 10.0 Å². The fraction of sp³-hybridized carbons (Fsp3) is 0.588. The van der Waals surface area contributed by atoms with E-state index in [4.69, 9.17) is 4.74 Å². The second kappa shape index (κ2) is 7.01. The first kappa shape index (κ1) is 19.6. The largest absolute Gasteiger partial charge is 0.468 e. The fourth-order valence-electron chi connectivity index (χ4n) is 2.68. The molecule has 0 amide bonds. The number of ether oxygens (including phenoxy) is 1. The number of methoxy groups -OCH3 is 1. The van der Waals surface area contributed by atoms with Crippen molar-refractivity contribution in [2.45, 2.75) is 59.4 Å². The molecule has 0 heterocycles. The van der Waals surface area contributed by atoms with Crippen LogP contribution in [-0.2, 0) is 19.6 Å². The van der Waals surface area contributed by atoms with E-state index >= 15 is 0 Å². The minimum atomic E-state index is -3.83. The van der Waals surface area contributed by atoms with Crippen molar-refractivity contribution in [2.24, 2.45) is 5.92 Å². The predicted octanol–water partition coefficient (Wildman–Crippen LogP) is 2.70. The Labute approximate surface area is 139 Å². The molecule has 0 aliphatic carbocycles. The number of esters is 1. The van der Waals surface area contributed by atoms with E-state index in [0.29, 0.717) is 11.1 Å². The molecule has 1 aromatic rings. The SMILES string of the molecule is COC(=O)C(NS(=O)(=O)c1c(C)c(C)c(C)c(C)c1C)C(C)C. The summed E-state index contributed by atoms with van der Waals surface area (Å²) in [6.45, 7) is 13.0. The fourth-order valence-corrected chi connectivity index (χ4v) is 4.61. The molecule has 5 nitrogen and oxygen atoms in total. The lowest BCUT2D eigenvalue weighted by molar-refractivity contribution is -0.143. The molecule has 1 atom stereocenters. The molecular formula is C17H27NO4S. The molecule has 1 N–H and O–H groups in total. The minimum absolute atomic E-state index is 0.217. The summed E-state index contributed by atoms with van der Waals surface area (Å²) >= 11 is 0. The number of sulfonamides is 1. The number of benzene rings is 1. The summed E-state index contributed by atoms with van der Waals surface area (Å²) in [4.78, 5) is 12.1. The molecule has 0 aromatic heterocycles. The first-order chi connectivity index (χ1) is 10.5. The second-order valence-corrected chi connectivity index (χ2v) is 7.97. The van der Waals surface area contributed by atoms with Crippen LogP contribution in [0.5, 0.6) is 0 Å². The van der Waals surface area contributed by atoms with Crippen molar-refractivity contribution < 1.29 is 17.9 Å². The number of nitrogens with one attached hydrogen (secondary N) is 1. The Morgan fingerprint density at radius 2 is 1.30 bits per heavy atom. The topological polar surface area (TPSA) is 72.5 Å². The third-order valence-electron chi connectivity index (χ3n) is 4.60. The molecule has 0 saturated heterocycles. The summed E-state index contributed by atoms with van der Waals surface area (Å²) in [6, 6.07) is -0.911. The van der Waals surface area contributed by atoms with Gasteiger partial charge in [-0.2, -0.15) is 4.72 Å². The molecular weight excluding hydrogens is 314 g/mol. The lowest BCUT2D eigenvalue weighted by atomic mass is 9.95. The molecule has 1 unspecified atom stereocenters. The van der Waals surface area contributed by atoms with Crippen LogP contribution in [-0.4, -0.2) is 27.5 Å². The highest BCUT2D eigenvalue weighted by molar-refractivity contribution is 7.89. The maximum atomic E-state index is 12.9. The first-order valence-electron chi connectivity index (χ1n) is 7.62. The molecule has 0 fully saturated rings. The Balaban J connectivity index is 3.48. The van der Waals surface area contributed by atoms with E-state index in [1.807, 2.05) is 20.8 Å². The van der Waals surface area contributed by atoms with Crippen LogP contribution >= 0.6 is 0 Å². The molecule has 0 radical (unpaired) electrons. The van der Waals surface area contributed by atoms with E-state index in [1.165, 1.54) is 7.11 Å². The molecule has 23 heavy (non-hydrogen) atoms. The summed E-state index contributed by atoms with van der Waals surface area (Å²) in [5.74, 6) is -0.801. The van der Waals surface area contributed by atoms with Gasteiger partial charge in [-0.25, -0.2) is 8.42 Å². The van der Waals surface area contributed by atoms with Crippen LogP contribution in [0.3, 0.4) is 0 Å². The Morgan fingerprint density at radius 3 is 1.65 bits per heavy atom. The Kier molecular flexibility index (Phi) is 5.99. The van der Waals surface area contributed by atoms with Crippen molar-refractivity contribution in [2.75, 3.05) is 7.11 Å². The van der Waals surface area contributed by atoms with Gasteiger partial charge in [0.1, 0.15) is 6.04 Å². The van der Waals surface area contributed by atoms with E-state index in [-0.39, 0.29) is 10.8 Å². The van der Waals surface area contributed by atoms with E-state index in [9.17, 15) is 13.2 Å². The van der Waals surface area contributed by atoms with Gasteiger partial charge in [-0.05, 0) is 68.4 Å². The predicted molar refractivity (Wildman–Crippen MR) is 91.1 cm³/mol. The average Bonchev–Trinajstić information content (AvgIpc) is 2.47. The quantitative estimate of drug-likeness (QED) is 0.836. The highest BCUT2D eigenvalue weighted by atomic mass is 32.2. The zero-order valence-electron chi connectivity index (χ0n) is 15.2. The molecule has 0 aliphatic heterocycles. The van der Waals surface area contributed by atoms with E-state index in [1.54, 1.807) is 27.7 Å². The summed E-state index contributed by atoms with van der Waals surface area (Å²) < 4.78 is 33.0. The zero-order chi connectivity index (χ0) is 18.1. The smallest absolute Gasteiger partial charge is 0.324 e. The molecule has 0 aliphatic rings. The van der Waals surface area contributed by atoms with Crippen molar-refractivity contribution in [3.63, 3.8) is 0 Å². The number of carbonyl (C=O) groups is 1. The lowest BCUT2D eigenvalue weighted by Crippen LogP contribution is -2.45. The summed E-state index contributed by atoms with van der Waals surface area (Å²) in [5, 5.41) is 0. The van der Waals surface area contributed by atoms with Crippen molar-refractivity contribution in [3.05, 3.63) is 27.8 Å². The molecule has 1 rings (SSSR count). The minimum Gasteiger partial charge on any atom is -0.468 e. The van der Waals surface area contributed by atoms with Gasteiger partial charge in [-0.15, -0.1) is 0 Å². The molecule has 6 heteroatoms. The number of carbonyl (C=O) groups excluding carboxylic acids is 1. The van der Waals surface area contributed by atoms with Crippen molar-refractivity contribution in [1.29, 1.82) is 0 Å². The van der Waals surface area contributed by atoms with E-state index in [2.05, 4.69) is 4.72 Å². The first-order valence-corrected chi connectivity index (χ1v) is 9.11. The number of hydrogen-bond acceptors (Lipinski definition) is 4. The van der Waals surface area contributed by atoms with Crippen molar-refractivity contribution >= 4 is 16.0 Å². The van der Waals surface area contributed by atoms with Gasteiger partial charge < -0.3 is 4.74 Å².